The first kappa shape index (κ1) is 16.7. The van der Waals surface area contributed by atoms with Crippen LogP contribution < -0.4 is 5.32 Å². The standard InChI is InChI=1S/C20H19F2N3O/c21-16-8-4-7-14(18(16)22)12-9-10-17-15(11-12)19(25-24-17)20(26)23-13-5-2-1-3-6-13/h4,7-11,13H,1-3,5-6H2,(H,23,26)(H,24,25). The minimum absolute atomic E-state index is 0.159. The van der Waals surface area contributed by atoms with Gasteiger partial charge in [-0.25, -0.2) is 8.78 Å². The Hall–Kier alpha value is -2.76. The number of aromatic nitrogens is 2. The maximum absolute atomic E-state index is 14.1. The second-order valence-electron chi connectivity index (χ2n) is 6.74. The third-order valence-corrected chi connectivity index (χ3v) is 4.98. The van der Waals surface area contributed by atoms with Crippen molar-refractivity contribution in [3.05, 3.63) is 53.7 Å². The summed E-state index contributed by atoms with van der Waals surface area (Å²) in [4.78, 5) is 12.6. The number of carbonyl (C=O) groups excluding carboxylic acids is 1. The molecule has 26 heavy (non-hydrogen) atoms. The van der Waals surface area contributed by atoms with Crippen molar-refractivity contribution in [2.45, 2.75) is 38.1 Å². The van der Waals surface area contributed by atoms with E-state index in [4.69, 9.17) is 0 Å². The lowest BCUT2D eigenvalue weighted by Gasteiger charge is -2.22. The van der Waals surface area contributed by atoms with Gasteiger partial charge in [0.2, 0.25) is 0 Å². The number of nitrogens with zero attached hydrogens (tertiary/aromatic N) is 1. The number of amides is 1. The van der Waals surface area contributed by atoms with Gasteiger partial charge >= 0.3 is 0 Å². The van der Waals surface area contributed by atoms with Crippen LogP contribution in [0.4, 0.5) is 8.78 Å². The fourth-order valence-electron chi connectivity index (χ4n) is 3.58. The van der Waals surface area contributed by atoms with Gasteiger partial charge in [0.15, 0.2) is 17.3 Å². The molecule has 4 rings (SSSR count). The van der Waals surface area contributed by atoms with Gasteiger partial charge in [-0.05, 0) is 36.6 Å². The first-order chi connectivity index (χ1) is 12.6. The monoisotopic (exact) mass is 355 g/mol. The highest BCUT2D eigenvalue weighted by Gasteiger charge is 2.20. The van der Waals surface area contributed by atoms with Crippen molar-refractivity contribution in [1.82, 2.24) is 15.5 Å². The van der Waals surface area contributed by atoms with E-state index < -0.39 is 11.6 Å². The van der Waals surface area contributed by atoms with Crippen molar-refractivity contribution in [2.24, 2.45) is 0 Å². The summed E-state index contributed by atoms with van der Waals surface area (Å²) >= 11 is 0. The molecule has 1 aliphatic rings. The number of hydrogen-bond acceptors (Lipinski definition) is 2. The molecular formula is C20H19F2N3O. The van der Waals surface area contributed by atoms with E-state index in [-0.39, 0.29) is 23.2 Å². The first-order valence-electron chi connectivity index (χ1n) is 8.87. The highest BCUT2D eigenvalue weighted by molar-refractivity contribution is 6.05. The van der Waals surface area contributed by atoms with Crippen LogP contribution in [0, 0.1) is 11.6 Å². The van der Waals surface area contributed by atoms with E-state index >= 15 is 0 Å². The predicted molar refractivity (Wildman–Crippen MR) is 95.8 cm³/mol. The Balaban J connectivity index is 1.68. The molecule has 1 heterocycles. The number of hydrogen-bond donors (Lipinski definition) is 2. The number of aromatic amines is 1. The predicted octanol–water partition coefficient (Wildman–Crippen LogP) is 4.57. The minimum Gasteiger partial charge on any atom is -0.348 e. The summed E-state index contributed by atoms with van der Waals surface area (Å²) in [7, 11) is 0. The second-order valence-corrected chi connectivity index (χ2v) is 6.74. The van der Waals surface area contributed by atoms with E-state index in [1.54, 1.807) is 18.2 Å². The van der Waals surface area contributed by atoms with Gasteiger partial charge in [-0.2, -0.15) is 5.10 Å². The molecule has 1 aromatic heterocycles. The van der Waals surface area contributed by atoms with E-state index in [1.807, 2.05) is 0 Å². The first-order valence-corrected chi connectivity index (χ1v) is 8.87. The van der Waals surface area contributed by atoms with Crippen LogP contribution in [0.3, 0.4) is 0 Å². The largest absolute Gasteiger partial charge is 0.348 e. The average Bonchev–Trinajstić information content (AvgIpc) is 3.08. The molecule has 0 atom stereocenters. The highest BCUT2D eigenvalue weighted by Crippen LogP contribution is 2.28. The van der Waals surface area contributed by atoms with Crippen LogP contribution in [0.1, 0.15) is 42.6 Å². The van der Waals surface area contributed by atoms with Crippen LogP contribution >= 0.6 is 0 Å². The number of nitrogens with one attached hydrogen (secondary N) is 2. The van der Waals surface area contributed by atoms with Gasteiger partial charge in [-0.15, -0.1) is 0 Å². The molecule has 0 spiro atoms. The number of H-pyrrole nitrogens is 1. The molecule has 0 unspecified atom stereocenters. The summed E-state index contributed by atoms with van der Waals surface area (Å²) < 4.78 is 27.6. The smallest absolute Gasteiger partial charge is 0.272 e. The van der Waals surface area contributed by atoms with Crippen molar-refractivity contribution in [2.75, 3.05) is 0 Å². The summed E-state index contributed by atoms with van der Waals surface area (Å²) in [5.41, 5.74) is 1.62. The molecule has 134 valence electrons. The van der Waals surface area contributed by atoms with Gasteiger partial charge in [-0.1, -0.05) is 37.5 Å². The van der Waals surface area contributed by atoms with Gasteiger partial charge in [0.25, 0.3) is 5.91 Å². The number of benzene rings is 2. The van der Waals surface area contributed by atoms with Crippen molar-refractivity contribution >= 4 is 16.8 Å². The van der Waals surface area contributed by atoms with Crippen LogP contribution in [0.2, 0.25) is 0 Å². The summed E-state index contributed by atoms with van der Waals surface area (Å²) in [6, 6.07) is 9.31. The van der Waals surface area contributed by atoms with E-state index in [1.165, 1.54) is 18.6 Å². The Morgan fingerprint density at radius 3 is 2.73 bits per heavy atom. The zero-order valence-electron chi connectivity index (χ0n) is 14.2. The van der Waals surface area contributed by atoms with Crippen LogP contribution in [-0.4, -0.2) is 22.1 Å². The lowest BCUT2D eigenvalue weighted by atomic mass is 9.95. The molecule has 1 fully saturated rings. The van der Waals surface area contributed by atoms with E-state index in [2.05, 4.69) is 15.5 Å². The number of rotatable bonds is 3. The maximum Gasteiger partial charge on any atom is 0.272 e. The lowest BCUT2D eigenvalue weighted by molar-refractivity contribution is 0.0924. The highest BCUT2D eigenvalue weighted by atomic mass is 19.2. The van der Waals surface area contributed by atoms with Crippen molar-refractivity contribution < 1.29 is 13.6 Å². The zero-order valence-corrected chi connectivity index (χ0v) is 14.2. The molecule has 1 amide bonds. The minimum atomic E-state index is -0.899. The molecule has 1 saturated carbocycles. The topological polar surface area (TPSA) is 57.8 Å². The van der Waals surface area contributed by atoms with Gasteiger partial charge in [0.05, 0.1) is 5.52 Å². The summed E-state index contributed by atoms with van der Waals surface area (Å²) in [5.74, 6) is -2.03. The summed E-state index contributed by atoms with van der Waals surface area (Å²) in [6.07, 6.45) is 5.41. The molecule has 0 saturated heterocycles. The fourth-order valence-corrected chi connectivity index (χ4v) is 3.58. The number of fused-ring (bicyclic) bond motifs is 1. The molecule has 0 radical (unpaired) electrons. The third-order valence-electron chi connectivity index (χ3n) is 4.98. The van der Waals surface area contributed by atoms with Crippen LogP contribution in [0.15, 0.2) is 36.4 Å². The Labute approximate surface area is 149 Å². The van der Waals surface area contributed by atoms with Gasteiger partial charge in [0.1, 0.15) is 0 Å². The molecule has 2 aromatic carbocycles. The van der Waals surface area contributed by atoms with Crippen molar-refractivity contribution in [3.63, 3.8) is 0 Å². The summed E-state index contributed by atoms with van der Waals surface area (Å²) in [5, 5.41) is 10.6. The van der Waals surface area contributed by atoms with Crippen molar-refractivity contribution in [3.8, 4) is 11.1 Å². The Bertz CT molecular complexity index is 961. The normalized spacial score (nSPS) is 15.3. The van der Waals surface area contributed by atoms with Crippen LogP contribution in [0.25, 0.3) is 22.0 Å². The average molecular weight is 355 g/mol. The van der Waals surface area contributed by atoms with Crippen LogP contribution in [0.5, 0.6) is 0 Å². The SMILES string of the molecule is O=C(NC1CCCCC1)c1n[nH]c2ccc(-c3cccc(F)c3F)cc12. The zero-order chi connectivity index (χ0) is 18.1. The molecular weight excluding hydrogens is 336 g/mol. The van der Waals surface area contributed by atoms with E-state index in [9.17, 15) is 13.6 Å². The van der Waals surface area contributed by atoms with Gasteiger partial charge < -0.3 is 5.32 Å². The third kappa shape index (κ3) is 3.07. The molecule has 3 aromatic rings. The van der Waals surface area contributed by atoms with Crippen LogP contribution in [-0.2, 0) is 0 Å². The number of halogens is 2. The van der Waals surface area contributed by atoms with Crippen molar-refractivity contribution in [1.29, 1.82) is 0 Å². The Kier molecular flexibility index (Phi) is 4.41. The summed E-state index contributed by atoms with van der Waals surface area (Å²) in [6.45, 7) is 0. The Morgan fingerprint density at radius 2 is 1.92 bits per heavy atom. The molecule has 2 N–H and O–H groups in total. The molecule has 4 nitrogen and oxygen atoms in total. The molecule has 1 aliphatic carbocycles. The number of carbonyl (C=O) groups is 1. The lowest BCUT2D eigenvalue weighted by Crippen LogP contribution is -2.36. The maximum atomic E-state index is 14.1. The van der Waals surface area contributed by atoms with E-state index in [0.717, 1.165) is 31.7 Å². The van der Waals surface area contributed by atoms with Gasteiger partial charge in [-0.3, -0.25) is 9.89 Å². The second kappa shape index (κ2) is 6.86. The molecule has 0 bridgehead atoms. The Morgan fingerprint density at radius 1 is 1.12 bits per heavy atom. The fraction of sp³-hybridized carbons (Fsp3) is 0.300. The van der Waals surface area contributed by atoms with E-state index in [0.29, 0.717) is 16.5 Å². The molecule has 0 aliphatic heterocycles. The quantitative estimate of drug-likeness (QED) is 0.723. The van der Waals surface area contributed by atoms with Gasteiger partial charge in [0, 0.05) is 17.0 Å². The molecule has 6 heteroatoms.